The van der Waals surface area contributed by atoms with E-state index in [-0.39, 0.29) is 5.91 Å². The summed E-state index contributed by atoms with van der Waals surface area (Å²) in [5.74, 6) is -0.897. The van der Waals surface area contributed by atoms with Crippen LogP contribution in [-0.2, 0) is 20.1 Å². The van der Waals surface area contributed by atoms with Crippen LogP contribution in [0, 0.1) is 13.8 Å². The molecule has 2 aromatic rings. The summed E-state index contributed by atoms with van der Waals surface area (Å²) in [7, 11) is 0. The number of hydrogen-bond acceptors (Lipinski definition) is 4. The fourth-order valence-corrected chi connectivity index (χ4v) is 3.84. The van der Waals surface area contributed by atoms with E-state index in [9.17, 15) is 4.79 Å². The molecule has 0 saturated carbocycles. The largest absolute Gasteiger partial charge is 0.490 e. The van der Waals surface area contributed by atoms with E-state index in [0.717, 1.165) is 22.4 Å². The summed E-state index contributed by atoms with van der Waals surface area (Å²) in [6, 6.07) is 11.3. The van der Waals surface area contributed by atoms with Gasteiger partial charge in [-0.05, 0) is 37.1 Å². The quantitative estimate of drug-likeness (QED) is 0.821. The maximum absolute atomic E-state index is 13.2. The minimum absolute atomic E-state index is 0.190. The zero-order chi connectivity index (χ0) is 18.3. The number of benzene rings is 2. The Labute approximate surface area is 157 Å². The van der Waals surface area contributed by atoms with Gasteiger partial charge in [0.15, 0.2) is 0 Å². The number of amides is 1. The fourth-order valence-electron chi connectivity index (χ4n) is 3.65. The van der Waals surface area contributed by atoms with Gasteiger partial charge in [-0.15, -0.1) is 0 Å². The highest BCUT2D eigenvalue weighted by atomic mass is 35.5. The van der Waals surface area contributed by atoms with Crippen LogP contribution in [0.2, 0.25) is 5.02 Å². The second-order valence-corrected chi connectivity index (χ2v) is 6.88. The monoisotopic (exact) mass is 373 g/mol. The molecule has 6 heteroatoms. The first-order chi connectivity index (χ1) is 12.5. The van der Waals surface area contributed by atoms with Crippen molar-refractivity contribution in [3.63, 3.8) is 0 Å². The van der Waals surface area contributed by atoms with Gasteiger partial charge in [-0.2, -0.15) is 0 Å². The molecule has 2 aliphatic heterocycles. The predicted octanol–water partition coefficient (Wildman–Crippen LogP) is 3.58. The fraction of sp³-hybridized carbons (Fsp3) is 0.350. The Morgan fingerprint density at radius 1 is 1.12 bits per heavy atom. The van der Waals surface area contributed by atoms with Crippen LogP contribution >= 0.6 is 11.6 Å². The van der Waals surface area contributed by atoms with E-state index in [1.165, 1.54) is 0 Å². The summed E-state index contributed by atoms with van der Waals surface area (Å²) in [6.07, 6.45) is 0. The summed E-state index contributed by atoms with van der Waals surface area (Å²) in [5, 5.41) is 0.548. The number of anilines is 1. The lowest BCUT2D eigenvalue weighted by atomic mass is 9.98. The van der Waals surface area contributed by atoms with Crippen molar-refractivity contribution >= 4 is 23.2 Å². The molecule has 0 aliphatic carbocycles. The van der Waals surface area contributed by atoms with Crippen LogP contribution in [0.1, 0.15) is 16.7 Å². The van der Waals surface area contributed by atoms with Crippen LogP contribution in [0.3, 0.4) is 0 Å². The molecule has 0 radical (unpaired) electrons. The Balaban J connectivity index is 1.62. The maximum atomic E-state index is 13.2. The van der Waals surface area contributed by atoms with Gasteiger partial charge in [0.25, 0.3) is 11.7 Å². The third kappa shape index (κ3) is 2.58. The van der Waals surface area contributed by atoms with Crippen LogP contribution in [0.25, 0.3) is 0 Å². The van der Waals surface area contributed by atoms with E-state index >= 15 is 0 Å². The molecule has 4 rings (SSSR count). The summed E-state index contributed by atoms with van der Waals surface area (Å²) >= 11 is 6.13. The number of carbonyl (C=O) groups is 1. The van der Waals surface area contributed by atoms with Crippen LogP contribution in [0.15, 0.2) is 36.4 Å². The van der Waals surface area contributed by atoms with Crippen molar-refractivity contribution in [3.8, 4) is 5.75 Å². The summed E-state index contributed by atoms with van der Waals surface area (Å²) < 4.78 is 17.4. The average Bonchev–Trinajstić information content (AvgIpc) is 3.20. The van der Waals surface area contributed by atoms with Gasteiger partial charge in [-0.3, -0.25) is 4.79 Å². The Kier molecular flexibility index (Phi) is 4.39. The Morgan fingerprint density at radius 2 is 1.81 bits per heavy atom. The second kappa shape index (κ2) is 6.58. The zero-order valence-corrected chi connectivity index (χ0v) is 15.5. The van der Waals surface area contributed by atoms with Gasteiger partial charge in [-0.25, -0.2) is 0 Å². The molecule has 2 aliphatic rings. The van der Waals surface area contributed by atoms with Gasteiger partial charge in [0.05, 0.1) is 30.5 Å². The van der Waals surface area contributed by atoms with E-state index in [2.05, 4.69) is 0 Å². The highest BCUT2D eigenvalue weighted by Crippen LogP contribution is 2.48. The summed E-state index contributed by atoms with van der Waals surface area (Å²) in [5.41, 5.74) is 3.67. The molecule has 0 unspecified atom stereocenters. The molecule has 1 fully saturated rings. The van der Waals surface area contributed by atoms with Gasteiger partial charge in [0.1, 0.15) is 12.4 Å². The average molecular weight is 374 g/mol. The van der Waals surface area contributed by atoms with Crippen molar-refractivity contribution < 1.29 is 19.0 Å². The first-order valence-corrected chi connectivity index (χ1v) is 9.00. The number of nitrogens with zero attached hydrogens (tertiary/aromatic N) is 1. The molecule has 136 valence electrons. The normalized spacial score (nSPS) is 17.8. The van der Waals surface area contributed by atoms with E-state index in [1.807, 2.05) is 44.2 Å². The number of hydrogen-bond donors (Lipinski definition) is 0. The first-order valence-electron chi connectivity index (χ1n) is 8.62. The molecule has 1 spiro atoms. The smallest absolute Gasteiger partial charge is 0.292 e. The second-order valence-electron chi connectivity index (χ2n) is 6.47. The topological polar surface area (TPSA) is 48.0 Å². The van der Waals surface area contributed by atoms with Gasteiger partial charge in [0, 0.05) is 5.56 Å². The molecule has 26 heavy (non-hydrogen) atoms. The number of halogens is 1. The van der Waals surface area contributed by atoms with E-state index in [1.54, 1.807) is 11.0 Å². The van der Waals surface area contributed by atoms with Crippen molar-refractivity contribution in [2.24, 2.45) is 0 Å². The molecule has 0 N–H and O–H groups in total. The molecule has 0 bridgehead atoms. The summed E-state index contributed by atoms with van der Waals surface area (Å²) in [6.45, 7) is 5.47. The Bertz CT molecular complexity index is 861. The van der Waals surface area contributed by atoms with Crippen LogP contribution in [0.5, 0.6) is 5.75 Å². The Hall–Kier alpha value is -2.08. The third-order valence-corrected chi connectivity index (χ3v) is 5.13. The minimum atomic E-state index is -1.31. The molecule has 2 heterocycles. The minimum Gasteiger partial charge on any atom is -0.490 e. The van der Waals surface area contributed by atoms with Crippen LogP contribution < -0.4 is 9.64 Å². The maximum Gasteiger partial charge on any atom is 0.292 e. The highest BCUT2D eigenvalue weighted by molar-refractivity contribution is 6.32. The Morgan fingerprint density at radius 3 is 2.54 bits per heavy atom. The first kappa shape index (κ1) is 17.3. The predicted molar refractivity (Wildman–Crippen MR) is 98.8 cm³/mol. The number of aryl methyl sites for hydroxylation is 2. The molecule has 1 amide bonds. The zero-order valence-electron chi connectivity index (χ0n) is 14.8. The van der Waals surface area contributed by atoms with Crippen molar-refractivity contribution in [1.82, 2.24) is 0 Å². The van der Waals surface area contributed by atoms with Crippen LogP contribution in [-0.4, -0.2) is 32.3 Å². The van der Waals surface area contributed by atoms with Crippen LogP contribution in [0.4, 0.5) is 5.69 Å². The molecular weight excluding hydrogens is 354 g/mol. The standard InChI is InChI=1S/C20H20ClNO4/c1-13-7-8-14(2)18-17(13)20(25-11-12-26-20)19(23)22(18)9-10-24-16-6-4-3-5-15(16)21/h3-8H,9-12H2,1-2H3. The lowest BCUT2D eigenvalue weighted by molar-refractivity contribution is -0.180. The number of rotatable bonds is 4. The molecule has 0 atom stereocenters. The van der Waals surface area contributed by atoms with Gasteiger partial charge in [0.2, 0.25) is 0 Å². The lowest BCUT2D eigenvalue weighted by Gasteiger charge is -2.22. The molecule has 5 nitrogen and oxygen atoms in total. The molecule has 1 saturated heterocycles. The van der Waals surface area contributed by atoms with Gasteiger partial charge in [-0.1, -0.05) is 35.9 Å². The van der Waals surface area contributed by atoms with Gasteiger partial charge >= 0.3 is 0 Å². The van der Waals surface area contributed by atoms with E-state index < -0.39 is 5.79 Å². The summed E-state index contributed by atoms with van der Waals surface area (Å²) in [4.78, 5) is 14.9. The third-order valence-electron chi connectivity index (χ3n) is 4.82. The number of ether oxygens (including phenoxy) is 3. The van der Waals surface area contributed by atoms with Gasteiger partial charge < -0.3 is 19.1 Å². The number of para-hydroxylation sites is 1. The lowest BCUT2D eigenvalue weighted by Crippen LogP contribution is -2.42. The van der Waals surface area contributed by atoms with Crippen molar-refractivity contribution in [2.45, 2.75) is 19.6 Å². The molecule has 2 aromatic carbocycles. The van der Waals surface area contributed by atoms with Crippen molar-refractivity contribution in [3.05, 3.63) is 58.1 Å². The highest BCUT2D eigenvalue weighted by Gasteiger charge is 2.57. The molecule has 0 aromatic heterocycles. The van der Waals surface area contributed by atoms with Crippen molar-refractivity contribution in [2.75, 3.05) is 31.3 Å². The van der Waals surface area contributed by atoms with E-state index in [0.29, 0.717) is 37.1 Å². The SMILES string of the molecule is Cc1ccc(C)c2c1N(CCOc1ccccc1Cl)C(=O)C21OCCO1. The van der Waals surface area contributed by atoms with Crippen molar-refractivity contribution in [1.29, 1.82) is 0 Å². The molecular formula is C20H20ClNO4. The number of fused-ring (bicyclic) bond motifs is 2. The number of carbonyl (C=O) groups excluding carboxylic acids is 1. The van der Waals surface area contributed by atoms with E-state index in [4.69, 9.17) is 25.8 Å².